The highest BCUT2D eigenvalue weighted by Gasteiger charge is 2.17. The molecule has 1 unspecified atom stereocenters. The lowest BCUT2D eigenvalue weighted by Crippen LogP contribution is -2.35. The molecule has 1 saturated heterocycles. The van der Waals surface area contributed by atoms with E-state index in [0.717, 1.165) is 24.5 Å². The molecule has 1 atom stereocenters. The highest BCUT2D eigenvalue weighted by atomic mass is 35.5. The van der Waals surface area contributed by atoms with Crippen LogP contribution in [0.25, 0.3) is 5.69 Å². The van der Waals surface area contributed by atoms with E-state index in [-0.39, 0.29) is 30.0 Å². The summed E-state index contributed by atoms with van der Waals surface area (Å²) in [6.07, 6.45) is 4.24. The fraction of sp³-hybridized carbons (Fsp3) is 0.292. The number of anilines is 2. The standard InChI is InChI=1S/C24H26ClN5O2/c1-17(15-23(31)27-18-7-6-8-19(16-18)29-12-4-5-13-29)26-24(32)21-11-14-30(28-21)22-10-3-2-9-20(22)25/h2-3,6-11,14,16-17H,4-5,12-13,15H2,1H3,(H,26,32)(H,27,31). The van der Waals surface area contributed by atoms with Crippen LogP contribution >= 0.6 is 11.6 Å². The third-order valence-corrected chi connectivity index (χ3v) is 5.71. The van der Waals surface area contributed by atoms with Gasteiger partial charge in [-0.25, -0.2) is 4.68 Å². The summed E-state index contributed by atoms with van der Waals surface area (Å²) in [6, 6.07) is 16.4. The zero-order valence-corrected chi connectivity index (χ0v) is 18.7. The number of para-hydroxylation sites is 1. The molecule has 166 valence electrons. The maximum atomic E-state index is 12.6. The second-order valence-corrected chi connectivity index (χ2v) is 8.38. The fourth-order valence-electron chi connectivity index (χ4n) is 3.81. The van der Waals surface area contributed by atoms with Crippen molar-refractivity contribution in [2.24, 2.45) is 0 Å². The average molecular weight is 452 g/mol. The first kappa shape index (κ1) is 21.9. The number of benzene rings is 2. The SMILES string of the molecule is CC(CC(=O)Nc1cccc(N2CCCC2)c1)NC(=O)c1ccn(-c2ccccc2Cl)n1. The molecule has 1 fully saturated rings. The summed E-state index contributed by atoms with van der Waals surface area (Å²) in [4.78, 5) is 27.4. The Kier molecular flexibility index (Phi) is 6.75. The van der Waals surface area contributed by atoms with E-state index >= 15 is 0 Å². The first-order valence-corrected chi connectivity index (χ1v) is 11.1. The number of halogens is 1. The third-order valence-electron chi connectivity index (χ3n) is 5.39. The third kappa shape index (κ3) is 5.29. The molecule has 0 saturated carbocycles. The van der Waals surface area contributed by atoms with Crippen LogP contribution in [-0.2, 0) is 4.79 Å². The van der Waals surface area contributed by atoms with Gasteiger partial charge in [0.05, 0.1) is 10.7 Å². The molecular formula is C24H26ClN5O2. The number of rotatable bonds is 7. The van der Waals surface area contributed by atoms with Gasteiger partial charge in [0.2, 0.25) is 5.91 Å². The van der Waals surface area contributed by atoms with Crippen molar-refractivity contribution in [3.8, 4) is 5.69 Å². The summed E-state index contributed by atoms with van der Waals surface area (Å²) >= 11 is 6.19. The first-order valence-electron chi connectivity index (χ1n) is 10.8. The Morgan fingerprint density at radius 2 is 1.88 bits per heavy atom. The van der Waals surface area contributed by atoms with Crippen LogP contribution in [0.4, 0.5) is 11.4 Å². The predicted molar refractivity (Wildman–Crippen MR) is 127 cm³/mol. The van der Waals surface area contributed by atoms with Crippen molar-refractivity contribution in [2.45, 2.75) is 32.2 Å². The summed E-state index contributed by atoms with van der Waals surface area (Å²) in [6.45, 7) is 3.89. The number of aromatic nitrogens is 2. The average Bonchev–Trinajstić information content (AvgIpc) is 3.47. The van der Waals surface area contributed by atoms with E-state index in [4.69, 9.17) is 11.6 Å². The van der Waals surface area contributed by atoms with Gasteiger partial charge >= 0.3 is 0 Å². The number of carbonyl (C=O) groups excluding carboxylic acids is 2. The molecule has 1 aliphatic rings. The molecule has 0 bridgehead atoms. The van der Waals surface area contributed by atoms with Gasteiger partial charge in [0.15, 0.2) is 5.69 Å². The van der Waals surface area contributed by atoms with Crippen molar-refractivity contribution < 1.29 is 9.59 Å². The summed E-state index contributed by atoms with van der Waals surface area (Å²) in [5.74, 6) is -0.495. The van der Waals surface area contributed by atoms with E-state index in [1.807, 2.05) is 36.4 Å². The number of amides is 2. The minimum Gasteiger partial charge on any atom is -0.371 e. The maximum Gasteiger partial charge on any atom is 0.272 e. The van der Waals surface area contributed by atoms with E-state index in [0.29, 0.717) is 10.7 Å². The van der Waals surface area contributed by atoms with Crippen LogP contribution in [0, 0.1) is 0 Å². The minimum atomic E-state index is -0.352. The maximum absolute atomic E-state index is 12.6. The van der Waals surface area contributed by atoms with Gasteiger partial charge in [0, 0.05) is 43.1 Å². The number of nitrogens with one attached hydrogen (secondary N) is 2. The lowest BCUT2D eigenvalue weighted by Gasteiger charge is -2.19. The van der Waals surface area contributed by atoms with E-state index in [1.54, 1.807) is 29.9 Å². The Morgan fingerprint density at radius 1 is 1.09 bits per heavy atom. The Morgan fingerprint density at radius 3 is 2.66 bits per heavy atom. The van der Waals surface area contributed by atoms with Crippen LogP contribution in [0.5, 0.6) is 0 Å². The highest BCUT2D eigenvalue weighted by Crippen LogP contribution is 2.23. The molecule has 0 aliphatic carbocycles. The van der Waals surface area contributed by atoms with Crippen molar-refractivity contribution >= 4 is 34.8 Å². The van der Waals surface area contributed by atoms with Crippen LogP contribution in [0.2, 0.25) is 5.02 Å². The van der Waals surface area contributed by atoms with Crippen LogP contribution in [-0.4, -0.2) is 40.7 Å². The van der Waals surface area contributed by atoms with Gasteiger partial charge in [-0.2, -0.15) is 5.10 Å². The second kappa shape index (κ2) is 9.87. The van der Waals surface area contributed by atoms with Crippen LogP contribution in [0.15, 0.2) is 60.8 Å². The summed E-state index contributed by atoms with van der Waals surface area (Å²) in [5.41, 5.74) is 2.83. The number of carbonyl (C=O) groups is 2. The van der Waals surface area contributed by atoms with Crippen molar-refractivity contribution in [1.29, 1.82) is 0 Å². The van der Waals surface area contributed by atoms with E-state index in [1.165, 1.54) is 12.8 Å². The van der Waals surface area contributed by atoms with Crippen LogP contribution in [0.1, 0.15) is 36.7 Å². The van der Waals surface area contributed by atoms with Gasteiger partial charge in [-0.3, -0.25) is 9.59 Å². The zero-order chi connectivity index (χ0) is 22.5. The molecule has 7 nitrogen and oxygen atoms in total. The molecule has 1 aliphatic heterocycles. The smallest absolute Gasteiger partial charge is 0.272 e. The number of hydrogen-bond donors (Lipinski definition) is 2. The lowest BCUT2D eigenvalue weighted by atomic mass is 10.2. The van der Waals surface area contributed by atoms with Gasteiger partial charge in [-0.05, 0) is 56.2 Å². The molecule has 2 aromatic carbocycles. The van der Waals surface area contributed by atoms with Crippen molar-refractivity contribution in [3.05, 3.63) is 71.5 Å². The van der Waals surface area contributed by atoms with Gasteiger partial charge in [-0.15, -0.1) is 0 Å². The normalized spacial score (nSPS) is 14.2. The molecular weight excluding hydrogens is 426 g/mol. The van der Waals surface area contributed by atoms with Gasteiger partial charge < -0.3 is 15.5 Å². The molecule has 2 amide bonds. The summed E-state index contributed by atoms with van der Waals surface area (Å²) < 4.78 is 1.56. The quantitative estimate of drug-likeness (QED) is 0.562. The van der Waals surface area contributed by atoms with Crippen molar-refractivity contribution in [2.75, 3.05) is 23.3 Å². The Labute approximate surface area is 192 Å². The molecule has 0 radical (unpaired) electrons. The van der Waals surface area contributed by atoms with Gasteiger partial charge in [-0.1, -0.05) is 29.8 Å². The van der Waals surface area contributed by atoms with Crippen molar-refractivity contribution in [1.82, 2.24) is 15.1 Å². The second-order valence-electron chi connectivity index (χ2n) is 7.97. The number of hydrogen-bond acceptors (Lipinski definition) is 4. The Hall–Kier alpha value is -3.32. The van der Waals surface area contributed by atoms with Gasteiger partial charge in [0.25, 0.3) is 5.91 Å². The molecule has 32 heavy (non-hydrogen) atoms. The molecule has 0 spiro atoms. The van der Waals surface area contributed by atoms with Crippen LogP contribution in [0.3, 0.4) is 0 Å². The molecule has 1 aromatic heterocycles. The topological polar surface area (TPSA) is 79.3 Å². The molecule has 4 rings (SSSR count). The molecule has 2 heterocycles. The minimum absolute atomic E-state index is 0.155. The molecule has 3 aromatic rings. The van der Waals surface area contributed by atoms with Gasteiger partial charge in [0.1, 0.15) is 0 Å². The fourth-order valence-corrected chi connectivity index (χ4v) is 4.03. The van der Waals surface area contributed by atoms with Crippen LogP contribution < -0.4 is 15.5 Å². The molecule has 2 N–H and O–H groups in total. The van der Waals surface area contributed by atoms with Crippen molar-refractivity contribution in [3.63, 3.8) is 0 Å². The largest absolute Gasteiger partial charge is 0.371 e. The highest BCUT2D eigenvalue weighted by molar-refractivity contribution is 6.32. The summed E-state index contributed by atoms with van der Waals surface area (Å²) in [5, 5.41) is 10.6. The Balaban J connectivity index is 1.31. The van der Waals surface area contributed by atoms with E-state index in [9.17, 15) is 9.59 Å². The predicted octanol–water partition coefficient (Wildman–Crippen LogP) is 4.27. The zero-order valence-electron chi connectivity index (χ0n) is 17.9. The van der Waals surface area contributed by atoms with E-state index in [2.05, 4.69) is 26.7 Å². The molecule has 8 heteroatoms. The Bertz CT molecular complexity index is 1110. The monoisotopic (exact) mass is 451 g/mol. The lowest BCUT2D eigenvalue weighted by molar-refractivity contribution is -0.116. The summed E-state index contributed by atoms with van der Waals surface area (Å²) in [7, 11) is 0. The first-order chi connectivity index (χ1) is 15.5. The van der Waals surface area contributed by atoms with E-state index < -0.39 is 0 Å². The number of nitrogens with zero attached hydrogens (tertiary/aromatic N) is 3.